The Labute approximate surface area is 151 Å². The lowest BCUT2D eigenvalue weighted by Gasteiger charge is -2.47. The van der Waals surface area contributed by atoms with E-state index >= 15 is 0 Å². The van der Waals surface area contributed by atoms with E-state index in [9.17, 15) is 23.1 Å². The van der Waals surface area contributed by atoms with Crippen molar-refractivity contribution in [1.82, 2.24) is 9.80 Å². The van der Waals surface area contributed by atoms with Gasteiger partial charge in [0.05, 0.1) is 18.2 Å². The maximum absolute atomic E-state index is 12.8. The minimum atomic E-state index is -4.36. The van der Waals surface area contributed by atoms with Crippen molar-refractivity contribution < 1.29 is 27.8 Å². The normalized spacial score (nSPS) is 23.1. The van der Waals surface area contributed by atoms with Gasteiger partial charge in [-0.3, -0.25) is 4.90 Å². The fourth-order valence-corrected chi connectivity index (χ4v) is 3.61. The van der Waals surface area contributed by atoms with Crippen LogP contribution >= 0.6 is 0 Å². The smallest absolute Gasteiger partial charge is 0.416 e. The first-order valence-electron chi connectivity index (χ1n) is 8.60. The molecule has 3 atom stereocenters. The van der Waals surface area contributed by atoms with Crippen molar-refractivity contribution in [2.24, 2.45) is 0 Å². The molecule has 0 spiro atoms. The number of benzene rings is 1. The summed E-state index contributed by atoms with van der Waals surface area (Å²) in [6.45, 7) is 4.97. The highest BCUT2D eigenvalue weighted by Crippen LogP contribution is 2.33. The lowest BCUT2D eigenvalue weighted by Crippen LogP contribution is -2.60. The second-order valence-corrected chi connectivity index (χ2v) is 6.63. The van der Waals surface area contributed by atoms with Crippen LogP contribution < -0.4 is 0 Å². The van der Waals surface area contributed by atoms with E-state index in [1.54, 1.807) is 7.11 Å². The van der Waals surface area contributed by atoms with Gasteiger partial charge >= 0.3 is 12.3 Å². The van der Waals surface area contributed by atoms with E-state index in [1.807, 2.05) is 13.8 Å². The molecule has 0 bridgehead atoms. The number of methoxy groups -OCH3 is 1. The van der Waals surface area contributed by atoms with Gasteiger partial charge in [0.25, 0.3) is 0 Å². The van der Waals surface area contributed by atoms with Gasteiger partial charge in [-0.05, 0) is 31.0 Å². The molecule has 0 saturated carbocycles. The molecule has 26 heavy (non-hydrogen) atoms. The van der Waals surface area contributed by atoms with Crippen molar-refractivity contribution in [3.8, 4) is 0 Å². The van der Waals surface area contributed by atoms with Crippen LogP contribution in [0.5, 0.6) is 0 Å². The number of hydrogen-bond acceptors (Lipinski definition) is 3. The highest BCUT2D eigenvalue weighted by atomic mass is 19.4. The summed E-state index contributed by atoms with van der Waals surface area (Å²) in [7, 11) is 1.56. The Kier molecular flexibility index (Phi) is 6.52. The van der Waals surface area contributed by atoms with E-state index < -0.39 is 17.8 Å². The molecule has 1 aromatic rings. The average Bonchev–Trinajstić information content (AvgIpc) is 2.57. The first kappa shape index (κ1) is 20.5. The lowest BCUT2D eigenvalue weighted by molar-refractivity contribution is -0.137. The quantitative estimate of drug-likeness (QED) is 0.851. The Hall–Kier alpha value is -1.80. The van der Waals surface area contributed by atoms with Crippen LogP contribution in [0, 0.1) is 0 Å². The molecule has 1 aliphatic rings. The molecule has 146 valence electrons. The number of nitrogens with zero attached hydrogens (tertiary/aromatic N) is 2. The number of halogens is 3. The minimum Gasteiger partial charge on any atom is -0.465 e. The van der Waals surface area contributed by atoms with E-state index in [1.165, 1.54) is 17.0 Å². The second kappa shape index (κ2) is 8.26. The number of ether oxygens (including phenoxy) is 1. The fourth-order valence-electron chi connectivity index (χ4n) is 3.61. The summed E-state index contributed by atoms with van der Waals surface area (Å²) in [6, 6.07) is 4.75. The third kappa shape index (κ3) is 4.48. The van der Waals surface area contributed by atoms with Crippen LogP contribution in [-0.4, -0.2) is 59.9 Å². The summed E-state index contributed by atoms with van der Waals surface area (Å²) >= 11 is 0. The van der Waals surface area contributed by atoms with Gasteiger partial charge in [0.1, 0.15) is 0 Å². The molecule has 0 aliphatic carbocycles. The molecule has 0 radical (unpaired) electrons. The van der Waals surface area contributed by atoms with Crippen LogP contribution in [0.1, 0.15) is 37.4 Å². The fraction of sp³-hybridized carbons (Fsp3) is 0.611. The van der Waals surface area contributed by atoms with E-state index in [4.69, 9.17) is 4.74 Å². The van der Waals surface area contributed by atoms with Gasteiger partial charge < -0.3 is 14.7 Å². The second-order valence-electron chi connectivity index (χ2n) is 6.63. The molecule has 2 rings (SSSR count). The summed E-state index contributed by atoms with van der Waals surface area (Å²) in [5, 5.41) is 9.36. The monoisotopic (exact) mass is 374 g/mol. The zero-order chi connectivity index (χ0) is 19.5. The Balaban J connectivity index is 2.27. The Morgan fingerprint density at radius 3 is 2.38 bits per heavy atom. The molecule has 8 heteroatoms. The number of amides is 1. The highest BCUT2D eigenvalue weighted by molar-refractivity contribution is 5.65. The van der Waals surface area contributed by atoms with E-state index in [0.29, 0.717) is 26.1 Å². The van der Waals surface area contributed by atoms with Crippen LogP contribution in [0.15, 0.2) is 24.3 Å². The maximum Gasteiger partial charge on any atom is 0.416 e. The topological polar surface area (TPSA) is 53.0 Å². The molecule has 5 nitrogen and oxygen atoms in total. The van der Waals surface area contributed by atoms with Crippen LogP contribution in [0.2, 0.25) is 0 Å². The highest BCUT2D eigenvalue weighted by Gasteiger charge is 2.38. The van der Waals surface area contributed by atoms with E-state index in [-0.39, 0.29) is 18.1 Å². The minimum absolute atomic E-state index is 0.101. The molecule has 1 amide bonds. The summed E-state index contributed by atoms with van der Waals surface area (Å²) in [5.74, 6) is 0. The van der Waals surface area contributed by atoms with Crippen LogP contribution in [0.3, 0.4) is 0 Å². The number of alkyl halides is 3. The molecule has 1 saturated heterocycles. The van der Waals surface area contributed by atoms with Crippen molar-refractivity contribution in [3.63, 3.8) is 0 Å². The maximum atomic E-state index is 12.8. The molecule has 1 aromatic carbocycles. The summed E-state index contributed by atoms with van der Waals surface area (Å²) in [5.41, 5.74) is 0.117. The molecular formula is C18H25F3N2O3. The van der Waals surface area contributed by atoms with Gasteiger partial charge in [0.2, 0.25) is 0 Å². The van der Waals surface area contributed by atoms with Gasteiger partial charge in [0, 0.05) is 32.3 Å². The summed E-state index contributed by atoms with van der Waals surface area (Å²) in [4.78, 5) is 15.0. The van der Waals surface area contributed by atoms with Crippen molar-refractivity contribution in [2.75, 3.05) is 26.8 Å². The molecule has 0 aromatic heterocycles. The predicted octanol–water partition coefficient (Wildman–Crippen LogP) is 3.86. The summed E-state index contributed by atoms with van der Waals surface area (Å²) in [6.07, 6.45) is -4.63. The number of carboxylic acid groups (broad SMARTS) is 1. The predicted molar refractivity (Wildman–Crippen MR) is 91.0 cm³/mol. The molecule has 1 fully saturated rings. The molecule has 1 heterocycles. The van der Waals surface area contributed by atoms with Gasteiger partial charge in [-0.15, -0.1) is 0 Å². The first-order chi connectivity index (χ1) is 12.2. The van der Waals surface area contributed by atoms with Crippen molar-refractivity contribution in [1.29, 1.82) is 0 Å². The Morgan fingerprint density at radius 1 is 1.31 bits per heavy atom. The SMILES string of the molecule is CCC(c1ccc(C(F)(F)F)cc1)N1C[C@H](C)N(C(=O)O)CC1COC. The van der Waals surface area contributed by atoms with Gasteiger partial charge in [0.15, 0.2) is 0 Å². The third-order valence-electron chi connectivity index (χ3n) is 4.90. The van der Waals surface area contributed by atoms with E-state index in [0.717, 1.165) is 17.7 Å². The van der Waals surface area contributed by atoms with Gasteiger partial charge in [-0.25, -0.2) is 4.79 Å². The van der Waals surface area contributed by atoms with Crippen molar-refractivity contribution in [3.05, 3.63) is 35.4 Å². The van der Waals surface area contributed by atoms with Crippen LogP contribution in [0.4, 0.5) is 18.0 Å². The standard InChI is InChI=1S/C18H25F3N2O3/c1-4-16(13-5-7-14(8-6-13)18(19,20)21)23-9-12(2)22(17(24)25)10-15(23)11-26-3/h5-8,12,15-16H,4,9-11H2,1-3H3,(H,24,25)/t12-,15?,16?/m0/s1. The third-order valence-corrected chi connectivity index (χ3v) is 4.90. The van der Waals surface area contributed by atoms with Gasteiger partial charge in [-0.1, -0.05) is 19.1 Å². The van der Waals surface area contributed by atoms with Crippen molar-refractivity contribution >= 4 is 6.09 Å². The zero-order valence-electron chi connectivity index (χ0n) is 15.2. The number of carbonyl (C=O) groups is 1. The number of piperazine rings is 1. The zero-order valence-corrected chi connectivity index (χ0v) is 15.2. The van der Waals surface area contributed by atoms with Gasteiger partial charge in [-0.2, -0.15) is 13.2 Å². The van der Waals surface area contributed by atoms with Crippen LogP contribution in [-0.2, 0) is 10.9 Å². The number of hydrogen-bond donors (Lipinski definition) is 1. The largest absolute Gasteiger partial charge is 0.465 e. The molecule has 2 unspecified atom stereocenters. The molecule has 1 aliphatic heterocycles. The molecular weight excluding hydrogens is 349 g/mol. The van der Waals surface area contributed by atoms with Crippen molar-refractivity contribution in [2.45, 2.75) is 44.6 Å². The summed E-state index contributed by atoms with van der Waals surface area (Å²) < 4.78 is 43.7. The average molecular weight is 374 g/mol. The molecule has 1 N–H and O–H groups in total. The lowest BCUT2D eigenvalue weighted by atomic mass is 9.96. The number of rotatable bonds is 5. The first-order valence-corrected chi connectivity index (χ1v) is 8.60. The van der Waals surface area contributed by atoms with E-state index in [2.05, 4.69) is 4.90 Å². The Morgan fingerprint density at radius 2 is 1.92 bits per heavy atom. The Bertz CT molecular complexity index is 607. The van der Waals surface area contributed by atoms with Crippen LogP contribution in [0.25, 0.3) is 0 Å².